The zero-order valence-corrected chi connectivity index (χ0v) is 14.8. The van der Waals surface area contributed by atoms with Crippen LogP contribution in [-0.2, 0) is 0 Å². The molecule has 0 radical (unpaired) electrons. The summed E-state index contributed by atoms with van der Waals surface area (Å²) in [6.07, 6.45) is 6.96. The molecule has 0 bridgehead atoms. The van der Waals surface area contributed by atoms with E-state index in [4.69, 9.17) is 0 Å². The number of nitrogens with one attached hydrogen (secondary N) is 1. The Morgan fingerprint density at radius 2 is 1.88 bits per heavy atom. The van der Waals surface area contributed by atoms with Crippen LogP contribution in [0, 0.1) is 17.0 Å². The molecule has 1 fully saturated rings. The van der Waals surface area contributed by atoms with E-state index in [2.05, 4.69) is 24.3 Å². The average molecular weight is 333 g/mol. The van der Waals surface area contributed by atoms with E-state index in [1.807, 2.05) is 0 Å². The lowest BCUT2D eigenvalue weighted by Crippen LogP contribution is -2.52. The number of carbonyl (C=O) groups excluding carboxylic acids is 1. The van der Waals surface area contributed by atoms with Crippen molar-refractivity contribution in [2.24, 2.45) is 0 Å². The first-order valence-electron chi connectivity index (χ1n) is 8.56. The van der Waals surface area contributed by atoms with Gasteiger partial charge in [0.2, 0.25) is 0 Å². The number of hydrogen-bond acceptors (Lipinski definition) is 4. The number of carbonyl (C=O) groups is 1. The molecular formula is C18H27N3O3. The Morgan fingerprint density at radius 1 is 1.25 bits per heavy atom. The zero-order valence-electron chi connectivity index (χ0n) is 14.8. The van der Waals surface area contributed by atoms with Gasteiger partial charge in [-0.05, 0) is 39.9 Å². The highest BCUT2D eigenvalue weighted by molar-refractivity contribution is 5.95. The molecule has 0 saturated heterocycles. The smallest absolute Gasteiger partial charge is 0.273 e. The molecule has 0 heterocycles. The number of benzene rings is 1. The van der Waals surface area contributed by atoms with Gasteiger partial charge in [-0.1, -0.05) is 31.7 Å². The Labute approximate surface area is 143 Å². The van der Waals surface area contributed by atoms with Crippen LogP contribution in [0.4, 0.5) is 5.69 Å². The van der Waals surface area contributed by atoms with Crippen LogP contribution in [0.5, 0.6) is 0 Å². The van der Waals surface area contributed by atoms with Gasteiger partial charge in [0.25, 0.3) is 11.6 Å². The average Bonchev–Trinajstić information content (AvgIpc) is 2.79. The van der Waals surface area contributed by atoms with Crippen molar-refractivity contribution in [2.45, 2.75) is 51.0 Å². The lowest BCUT2D eigenvalue weighted by atomic mass is 9.88. The lowest BCUT2D eigenvalue weighted by Gasteiger charge is -2.39. The van der Waals surface area contributed by atoms with E-state index in [0.717, 1.165) is 12.8 Å². The fraction of sp³-hybridized carbons (Fsp3) is 0.611. The van der Waals surface area contributed by atoms with Crippen LogP contribution in [0.3, 0.4) is 0 Å². The molecule has 2 rings (SSSR count). The summed E-state index contributed by atoms with van der Waals surface area (Å²) in [4.78, 5) is 25.3. The number of nitro groups is 1. The van der Waals surface area contributed by atoms with Crippen LogP contribution in [0.25, 0.3) is 0 Å². The van der Waals surface area contributed by atoms with Gasteiger partial charge >= 0.3 is 0 Å². The van der Waals surface area contributed by atoms with Crippen molar-refractivity contribution in [3.63, 3.8) is 0 Å². The Morgan fingerprint density at radius 3 is 2.42 bits per heavy atom. The number of hydrogen-bond donors (Lipinski definition) is 1. The van der Waals surface area contributed by atoms with Crippen molar-refractivity contribution in [2.75, 3.05) is 20.6 Å². The maximum atomic E-state index is 12.5. The Bertz CT molecular complexity index is 606. The van der Waals surface area contributed by atoms with Gasteiger partial charge in [0.1, 0.15) is 0 Å². The zero-order chi connectivity index (χ0) is 17.7. The summed E-state index contributed by atoms with van der Waals surface area (Å²) in [5.41, 5.74) is 0.863. The van der Waals surface area contributed by atoms with Gasteiger partial charge < -0.3 is 10.2 Å². The topological polar surface area (TPSA) is 75.5 Å². The first-order chi connectivity index (χ1) is 11.4. The second-order valence-electron chi connectivity index (χ2n) is 6.97. The van der Waals surface area contributed by atoms with Crippen LogP contribution < -0.4 is 5.32 Å². The van der Waals surface area contributed by atoms with E-state index in [1.165, 1.54) is 31.7 Å². The van der Waals surface area contributed by atoms with Crippen molar-refractivity contribution in [3.8, 4) is 0 Å². The van der Waals surface area contributed by atoms with Crippen LogP contribution in [0.2, 0.25) is 0 Å². The second-order valence-corrected chi connectivity index (χ2v) is 6.97. The Hall–Kier alpha value is -1.95. The molecule has 1 aliphatic carbocycles. The van der Waals surface area contributed by atoms with Crippen LogP contribution >= 0.6 is 0 Å². The molecule has 0 unspecified atom stereocenters. The number of rotatable bonds is 5. The molecule has 24 heavy (non-hydrogen) atoms. The molecule has 0 spiro atoms. The van der Waals surface area contributed by atoms with Crippen LogP contribution in [0.15, 0.2) is 18.2 Å². The lowest BCUT2D eigenvalue weighted by molar-refractivity contribution is -0.385. The molecule has 1 amide bonds. The molecule has 1 saturated carbocycles. The molecule has 132 valence electrons. The molecule has 0 atom stereocenters. The third-order valence-electron chi connectivity index (χ3n) is 5.23. The SMILES string of the molecule is Cc1ccc(C(=O)NCC2(N(C)C)CCCCCC2)cc1[N+](=O)[O-]. The van der Waals surface area contributed by atoms with Crippen molar-refractivity contribution in [3.05, 3.63) is 39.4 Å². The Kier molecular flexibility index (Phi) is 5.94. The van der Waals surface area contributed by atoms with Crippen molar-refractivity contribution in [1.29, 1.82) is 0 Å². The summed E-state index contributed by atoms with van der Waals surface area (Å²) in [5.74, 6) is -0.247. The molecule has 0 aliphatic heterocycles. The van der Waals surface area contributed by atoms with Gasteiger partial charge in [-0.15, -0.1) is 0 Å². The van der Waals surface area contributed by atoms with E-state index < -0.39 is 4.92 Å². The summed E-state index contributed by atoms with van der Waals surface area (Å²) >= 11 is 0. The van der Waals surface area contributed by atoms with Gasteiger partial charge in [0.05, 0.1) is 4.92 Å². The minimum absolute atomic E-state index is 0.0144. The highest BCUT2D eigenvalue weighted by Gasteiger charge is 2.33. The molecule has 1 N–H and O–H groups in total. The van der Waals surface area contributed by atoms with Crippen molar-refractivity contribution >= 4 is 11.6 Å². The third-order valence-corrected chi connectivity index (χ3v) is 5.23. The number of amides is 1. The highest BCUT2D eigenvalue weighted by atomic mass is 16.6. The Balaban J connectivity index is 2.11. The minimum atomic E-state index is -0.446. The number of nitrogens with zero attached hydrogens (tertiary/aromatic N) is 2. The van der Waals surface area contributed by atoms with E-state index in [0.29, 0.717) is 17.7 Å². The quantitative estimate of drug-likeness (QED) is 0.510. The van der Waals surface area contributed by atoms with Gasteiger partial charge in [-0.2, -0.15) is 0 Å². The van der Waals surface area contributed by atoms with Gasteiger partial charge in [0, 0.05) is 29.3 Å². The molecule has 6 heteroatoms. The second kappa shape index (κ2) is 7.75. The minimum Gasteiger partial charge on any atom is -0.350 e. The largest absolute Gasteiger partial charge is 0.350 e. The summed E-state index contributed by atoms with van der Waals surface area (Å²) < 4.78 is 0. The van der Waals surface area contributed by atoms with E-state index >= 15 is 0 Å². The van der Waals surface area contributed by atoms with Crippen LogP contribution in [0.1, 0.15) is 54.4 Å². The fourth-order valence-electron chi connectivity index (χ4n) is 3.46. The molecule has 1 aromatic rings. The first-order valence-corrected chi connectivity index (χ1v) is 8.56. The monoisotopic (exact) mass is 333 g/mol. The van der Waals surface area contributed by atoms with E-state index in [1.54, 1.807) is 19.1 Å². The molecular weight excluding hydrogens is 306 g/mol. The van der Waals surface area contributed by atoms with Gasteiger partial charge in [-0.3, -0.25) is 14.9 Å². The third kappa shape index (κ3) is 4.12. The molecule has 6 nitrogen and oxygen atoms in total. The number of nitro benzene ring substituents is 1. The van der Waals surface area contributed by atoms with E-state index in [9.17, 15) is 14.9 Å². The maximum absolute atomic E-state index is 12.5. The predicted molar refractivity (Wildman–Crippen MR) is 94.3 cm³/mol. The molecule has 0 aromatic heterocycles. The number of aryl methyl sites for hydroxylation is 1. The normalized spacial score (nSPS) is 17.3. The fourth-order valence-corrected chi connectivity index (χ4v) is 3.46. The van der Waals surface area contributed by atoms with Gasteiger partial charge in [0.15, 0.2) is 0 Å². The predicted octanol–water partition coefficient (Wildman–Crippen LogP) is 3.29. The molecule has 1 aliphatic rings. The van der Waals surface area contributed by atoms with Crippen molar-refractivity contribution < 1.29 is 9.72 Å². The summed E-state index contributed by atoms with van der Waals surface area (Å²) in [5, 5.41) is 14.0. The summed E-state index contributed by atoms with van der Waals surface area (Å²) in [7, 11) is 4.13. The van der Waals surface area contributed by atoms with Crippen LogP contribution in [-0.4, -0.2) is 41.9 Å². The standard InChI is InChI=1S/C18H27N3O3/c1-14-8-9-15(12-16(14)21(23)24)17(22)19-13-18(20(2)3)10-6-4-5-7-11-18/h8-9,12H,4-7,10-11,13H2,1-3H3,(H,19,22). The summed E-state index contributed by atoms with van der Waals surface area (Å²) in [6.45, 7) is 2.24. The molecule has 1 aromatic carbocycles. The first kappa shape index (κ1) is 18.4. The highest BCUT2D eigenvalue weighted by Crippen LogP contribution is 2.30. The van der Waals surface area contributed by atoms with E-state index in [-0.39, 0.29) is 17.1 Å². The summed E-state index contributed by atoms with van der Waals surface area (Å²) in [6, 6.07) is 4.63. The van der Waals surface area contributed by atoms with Crippen molar-refractivity contribution in [1.82, 2.24) is 10.2 Å². The number of likely N-dealkylation sites (N-methyl/N-ethyl adjacent to an activating group) is 1. The van der Waals surface area contributed by atoms with Gasteiger partial charge in [-0.25, -0.2) is 0 Å². The maximum Gasteiger partial charge on any atom is 0.273 e.